The summed E-state index contributed by atoms with van der Waals surface area (Å²) >= 11 is 21.4. The van der Waals surface area contributed by atoms with Gasteiger partial charge in [-0.3, -0.25) is 121 Å². The lowest BCUT2D eigenvalue weighted by Gasteiger charge is -2.08. The minimum Gasteiger partial charge on any atom is -0.507 e. The molecule has 6 fully saturated rings. The van der Waals surface area contributed by atoms with Crippen LogP contribution in [-0.4, -0.2) is 224 Å². The summed E-state index contributed by atoms with van der Waals surface area (Å²) in [6.45, 7) is -3.61. The van der Waals surface area contributed by atoms with Crippen molar-refractivity contribution in [3.63, 3.8) is 0 Å². The molecule has 0 spiro atoms. The summed E-state index contributed by atoms with van der Waals surface area (Å²) in [5.41, 5.74) is 2.75. The van der Waals surface area contributed by atoms with E-state index >= 15 is 0 Å². The van der Waals surface area contributed by atoms with E-state index in [0.29, 0.717) is 137 Å². The predicted molar refractivity (Wildman–Crippen MR) is 437 cm³/mol. The number of imide groups is 6. The number of amides is 12. The highest BCUT2D eigenvalue weighted by Crippen LogP contribution is 2.41. The highest BCUT2D eigenvalue weighted by molar-refractivity contribution is 8.20. The van der Waals surface area contributed by atoms with Crippen molar-refractivity contribution in [1.29, 1.82) is 0 Å². The van der Waals surface area contributed by atoms with Crippen LogP contribution in [0.1, 0.15) is 38.9 Å². The number of carbonyl (C=O) groups is 17. The molecule has 6 aliphatic rings. The van der Waals surface area contributed by atoms with Crippen molar-refractivity contribution in [3.8, 4) is 34.5 Å². The topological polar surface area (TPSA) is 582 Å². The number of nitro benzene ring substituents is 1. The smallest absolute Gasteiger partial charge is 0.323 e. The number of aliphatic carboxylic acids is 5. The number of hydrogen-bond acceptors (Lipinski definition) is 32. The van der Waals surface area contributed by atoms with Crippen molar-refractivity contribution < 1.29 is 147 Å². The normalized spacial score (nSPS) is 16.9. The van der Waals surface area contributed by atoms with Gasteiger partial charge in [0, 0.05) is 44.4 Å². The zero-order valence-corrected chi connectivity index (χ0v) is 67.7. The van der Waals surface area contributed by atoms with E-state index in [1.165, 1.54) is 62.8 Å². The first-order valence-electron chi connectivity index (χ1n) is 32.6. The number of hydrogen-bond donors (Lipinski definition) is 11. The molecule has 0 saturated carbocycles. The van der Waals surface area contributed by atoms with Crippen LogP contribution < -0.4 is 14.8 Å². The minimum atomic E-state index is -1.35. The van der Waals surface area contributed by atoms with Gasteiger partial charge >= 0.3 is 29.8 Å². The molecule has 0 atom stereocenters. The number of rotatable bonds is 20. The second kappa shape index (κ2) is 43.0. The zero-order chi connectivity index (χ0) is 88.8. The Balaban J connectivity index is 0.000000199. The van der Waals surface area contributed by atoms with E-state index in [-0.39, 0.29) is 81.4 Å². The largest absolute Gasteiger partial charge is 0.507 e. The van der Waals surface area contributed by atoms with Crippen LogP contribution in [0.4, 0.5) is 34.5 Å². The summed E-state index contributed by atoms with van der Waals surface area (Å²) in [6, 6.07) is 28.4. The number of phenolic OH excluding ortho intramolecular Hbond substituents is 4. The number of nitro groups is 1. The van der Waals surface area contributed by atoms with Gasteiger partial charge in [0.2, 0.25) is 0 Å². The third-order valence-electron chi connectivity index (χ3n) is 15.0. The third-order valence-corrected chi connectivity index (χ3v) is 21.2. The number of halogens is 3. The number of carboxylic acid groups (broad SMARTS) is 5. The summed E-state index contributed by atoms with van der Waals surface area (Å²) in [4.78, 5) is 207. The van der Waals surface area contributed by atoms with Gasteiger partial charge < -0.3 is 60.5 Å². The highest BCUT2D eigenvalue weighted by Gasteiger charge is 2.41. The molecule has 0 bridgehead atoms. The number of thioether (sulfide) groups is 6. The molecule has 6 saturated heterocycles. The van der Waals surface area contributed by atoms with E-state index in [1.807, 2.05) is 0 Å². The number of phenols is 4. The SMILES string of the molecule is COc1cc(CO)ccc1/C=C1\SC(=O)N(CC(=O)O)C1=O.COc1cccc(/C=C2\SC(=O)N(CC(=O)O)C2=O)c1O.O=C(O)CN1C(=O)S/C(=C\c2cc([N+](=O)[O-])ccc2O)C1=O.O=C(O)CN1C(=O)S/C(=C\c2ccc(O)c(Cl)c2)C1=O.O=C(O)CN1C(=O)S/C(=C\c2ccccc2O)C1=O.O=C1NC(=O)/C(=C/c2ccc(Cl)cc2Cl)S1. The summed E-state index contributed by atoms with van der Waals surface area (Å²) in [6.07, 6.45) is 8.23. The second-order valence-corrected chi connectivity index (χ2v) is 30.5. The molecule has 11 N–H and O–H groups in total. The van der Waals surface area contributed by atoms with E-state index in [0.717, 1.165) is 36.0 Å². The molecule has 6 heterocycles. The quantitative estimate of drug-likeness (QED) is 0.0192. The lowest BCUT2D eigenvalue weighted by Crippen LogP contribution is -2.33. The van der Waals surface area contributed by atoms with Crippen molar-refractivity contribution >= 4 is 244 Å². The minimum absolute atomic E-state index is 0.0185. The standard InChI is InChI=1S/C14H13NO6S.C13H11NO6S.C12H8ClNO5S.C12H8N2O7S.C12H9NO5S.C10H5Cl2NO2S/c1-21-10-4-8(7-16)2-3-9(10)5-11-13(19)15(6-12(17)18)14(20)22-11;1-20-8-4-2-3-7(11(8)17)5-9-12(18)14(6-10(15)16)13(19)21-9;13-7-3-6(1-2-8(7)15)4-9-11(18)14(5-10(16)17)12(19)20-9;15-8-2-1-7(14(20)21)3-6(8)4-9-11(18)13(5-10(16)17)12(19)22-9;14-8-4-2-1-3-7(8)5-9-11(17)13(6-10(15)16)12(18)19-9;11-6-2-1-5(7(12)4-6)3-8-9(14)13-10(15)16-8/h2-5,16H,6-7H2,1H3,(H,17,18);2-5,17H,6H2,1H3,(H,15,16);1-4,15H,5H2,(H,16,17);1-4,15H,5H2,(H,16,17);1-5,14H,6H2,(H,15,16);1-4H,(H,13,14,15)/b11-5-;9-5-;2*9-4-;9-5-;8-3-. The Morgan fingerprint density at radius 1 is 0.417 bits per heavy atom. The molecule has 0 aromatic heterocycles. The van der Waals surface area contributed by atoms with Crippen LogP contribution in [-0.2, 0) is 59.3 Å². The van der Waals surface area contributed by atoms with Crippen LogP contribution in [0.5, 0.6) is 34.5 Å². The van der Waals surface area contributed by atoms with E-state index in [2.05, 4.69) is 5.32 Å². The summed E-state index contributed by atoms with van der Waals surface area (Å²) in [7, 11) is 2.84. The summed E-state index contributed by atoms with van der Waals surface area (Å²) in [5, 5.41) is 101. The number of aliphatic hydroxyl groups excluding tert-OH is 1. The number of carboxylic acids is 5. The van der Waals surface area contributed by atoms with Crippen LogP contribution in [0.15, 0.2) is 145 Å². The van der Waals surface area contributed by atoms with E-state index in [4.69, 9.17) is 74.9 Å². The fraction of sp³-hybridized carbons (Fsp3) is 0.110. The Hall–Kier alpha value is -12.9. The maximum atomic E-state index is 12.1. The number of benzene rings is 6. The van der Waals surface area contributed by atoms with Gasteiger partial charge in [0.1, 0.15) is 55.7 Å². The Bertz CT molecular complexity index is 5520. The van der Waals surface area contributed by atoms with Crippen molar-refractivity contribution in [2.75, 3.05) is 46.9 Å². The predicted octanol–water partition coefficient (Wildman–Crippen LogP) is 11.2. The fourth-order valence-electron chi connectivity index (χ4n) is 9.54. The Labute approximate surface area is 713 Å². The van der Waals surface area contributed by atoms with Crippen molar-refractivity contribution in [3.05, 3.63) is 209 Å². The van der Waals surface area contributed by atoms with Gasteiger partial charge in [-0.25, -0.2) is 0 Å². The van der Waals surface area contributed by atoms with Gasteiger partial charge in [0.15, 0.2) is 11.5 Å². The molecule has 6 aliphatic heterocycles. The van der Waals surface area contributed by atoms with Gasteiger partial charge in [0.05, 0.1) is 60.2 Å². The molecule has 6 aromatic rings. The Kier molecular flexibility index (Phi) is 33.8. The molecule has 38 nitrogen and oxygen atoms in total. The summed E-state index contributed by atoms with van der Waals surface area (Å²) in [5.74, 6) is -10.2. The van der Waals surface area contributed by atoms with Gasteiger partial charge in [-0.15, -0.1) is 0 Å². The van der Waals surface area contributed by atoms with E-state index < -0.39 is 129 Å². The molecule has 0 aliphatic carbocycles. The molecule has 624 valence electrons. The molecule has 6 aromatic carbocycles. The highest BCUT2D eigenvalue weighted by atomic mass is 35.5. The first-order valence-corrected chi connectivity index (χ1v) is 38.6. The third kappa shape index (κ3) is 25.8. The van der Waals surface area contributed by atoms with Gasteiger partial charge in [-0.05, 0) is 172 Å². The molecule has 0 radical (unpaired) electrons. The number of non-ortho nitro benzene ring substituents is 1. The van der Waals surface area contributed by atoms with Crippen molar-refractivity contribution in [2.45, 2.75) is 6.61 Å². The first-order chi connectivity index (χ1) is 56.6. The average Bonchev–Trinajstić information content (AvgIpc) is 1.68. The molecule has 12 amide bonds. The van der Waals surface area contributed by atoms with Gasteiger partial charge in [-0.1, -0.05) is 89.4 Å². The molecule has 0 unspecified atom stereocenters. The number of methoxy groups -OCH3 is 2. The first kappa shape index (κ1) is 94.2. The molecule has 47 heteroatoms. The van der Waals surface area contributed by atoms with Crippen molar-refractivity contribution in [1.82, 2.24) is 29.8 Å². The van der Waals surface area contributed by atoms with Crippen LogP contribution >= 0.6 is 105 Å². The maximum Gasteiger partial charge on any atom is 0.323 e. The van der Waals surface area contributed by atoms with Gasteiger partial charge in [-0.2, -0.15) is 0 Å². The Morgan fingerprint density at radius 3 is 1.23 bits per heavy atom. The second-order valence-electron chi connectivity index (χ2n) is 23.2. The monoisotopic (exact) mass is 1820 g/mol. The maximum absolute atomic E-state index is 12.1. The number of aliphatic hydroxyl groups is 1. The molecular weight excluding hydrogens is 1770 g/mol. The number of ether oxygens (including phenoxy) is 2. The van der Waals surface area contributed by atoms with Gasteiger partial charge in [0.25, 0.3) is 72.6 Å². The number of carbonyl (C=O) groups excluding carboxylic acids is 12. The molecule has 12 rings (SSSR count). The molecule has 120 heavy (non-hydrogen) atoms. The number of para-hydroxylation sites is 2. The number of nitrogens with one attached hydrogen (secondary N) is 1. The van der Waals surface area contributed by atoms with Crippen LogP contribution in [0.3, 0.4) is 0 Å². The lowest BCUT2D eigenvalue weighted by atomic mass is 10.1. The fourth-order valence-corrected chi connectivity index (χ4v) is 15.0. The number of nitrogens with zero attached hydrogens (tertiary/aromatic N) is 6. The number of aromatic hydroxyl groups is 4. The lowest BCUT2D eigenvalue weighted by molar-refractivity contribution is -0.384. The van der Waals surface area contributed by atoms with Crippen LogP contribution in [0.25, 0.3) is 36.5 Å². The van der Waals surface area contributed by atoms with Crippen LogP contribution in [0, 0.1) is 10.1 Å². The zero-order valence-electron chi connectivity index (χ0n) is 60.5. The average molecular weight is 1820 g/mol. The molecular formula is C73H54Cl3N7O31S6. The summed E-state index contributed by atoms with van der Waals surface area (Å²) < 4.78 is 10.1. The van der Waals surface area contributed by atoms with Crippen LogP contribution in [0.2, 0.25) is 15.1 Å². The van der Waals surface area contributed by atoms with E-state index in [1.54, 1.807) is 78.9 Å². The van der Waals surface area contributed by atoms with Crippen molar-refractivity contribution in [2.24, 2.45) is 0 Å². The Morgan fingerprint density at radius 2 is 0.817 bits per heavy atom. The van der Waals surface area contributed by atoms with E-state index in [9.17, 15) is 112 Å².